The van der Waals surface area contributed by atoms with Crippen LogP contribution in [-0.2, 0) is 16.3 Å². The van der Waals surface area contributed by atoms with E-state index in [2.05, 4.69) is 10.3 Å². The van der Waals surface area contributed by atoms with Crippen molar-refractivity contribution < 1.29 is 8.42 Å². The van der Waals surface area contributed by atoms with Crippen LogP contribution in [0.5, 0.6) is 0 Å². The van der Waals surface area contributed by atoms with Gasteiger partial charge in [0, 0.05) is 18.9 Å². The molecule has 0 fully saturated rings. The fourth-order valence-electron chi connectivity index (χ4n) is 1.42. The molecule has 0 saturated carbocycles. The van der Waals surface area contributed by atoms with Crippen molar-refractivity contribution in [3.63, 3.8) is 0 Å². The first-order valence-electron chi connectivity index (χ1n) is 6.15. The number of rotatable bonds is 6. The summed E-state index contributed by atoms with van der Waals surface area (Å²) in [4.78, 5) is 3.95. The Hall–Kier alpha value is -0.940. The third-order valence-corrected chi connectivity index (χ3v) is 5.43. The molecule has 0 aliphatic carbocycles. The monoisotopic (exact) mass is 270 g/mol. The van der Waals surface area contributed by atoms with Crippen LogP contribution in [0.25, 0.3) is 0 Å². The second-order valence-corrected chi connectivity index (χ2v) is 8.15. The highest BCUT2D eigenvalue weighted by Gasteiger charge is 2.27. The van der Waals surface area contributed by atoms with Crippen molar-refractivity contribution >= 4 is 9.84 Å². The molecule has 1 rings (SSSR count). The van der Waals surface area contributed by atoms with Crippen LogP contribution in [-0.4, -0.2) is 37.0 Å². The predicted molar refractivity (Wildman–Crippen MR) is 74.4 cm³/mol. The van der Waals surface area contributed by atoms with Gasteiger partial charge in [-0.15, -0.1) is 0 Å². The Labute approximate surface area is 110 Å². The molecule has 0 aliphatic rings. The Morgan fingerprint density at radius 2 is 1.78 bits per heavy atom. The Morgan fingerprint density at radius 1 is 1.17 bits per heavy atom. The molecule has 0 unspecified atom stereocenters. The van der Waals surface area contributed by atoms with Crippen molar-refractivity contribution in [2.24, 2.45) is 0 Å². The van der Waals surface area contributed by atoms with Crippen molar-refractivity contribution in [3.05, 3.63) is 30.1 Å². The van der Waals surface area contributed by atoms with E-state index in [0.29, 0.717) is 6.54 Å². The molecule has 1 aromatic rings. The summed E-state index contributed by atoms with van der Waals surface area (Å²) in [7, 11) is -3.02. The Kier molecular flexibility index (Phi) is 5.28. The summed E-state index contributed by atoms with van der Waals surface area (Å²) in [6.07, 6.45) is 4.41. The van der Waals surface area contributed by atoms with Gasteiger partial charge in [0.05, 0.1) is 10.5 Å². The van der Waals surface area contributed by atoms with Crippen molar-refractivity contribution in [1.82, 2.24) is 10.3 Å². The maximum Gasteiger partial charge on any atom is 0.156 e. The zero-order chi connectivity index (χ0) is 13.6. The van der Waals surface area contributed by atoms with E-state index >= 15 is 0 Å². The fourth-order valence-corrected chi connectivity index (χ4v) is 2.45. The van der Waals surface area contributed by atoms with Crippen LogP contribution < -0.4 is 5.32 Å². The SMILES string of the molecule is CC(C)(C)S(=O)(=O)CCNCCc1ccncc1. The lowest BCUT2D eigenvalue weighted by atomic mass is 10.2. The van der Waals surface area contributed by atoms with Crippen LogP contribution >= 0.6 is 0 Å². The molecule has 4 nitrogen and oxygen atoms in total. The van der Waals surface area contributed by atoms with Gasteiger partial charge in [-0.05, 0) is 51.4 Å². The molecule has 102 valence electrons. The third-order valence-electron chi connectivity index (χ3n) is 2.82. The van der Waals surface area contributed by atoms with Crippen molar-refractivity contribution in [1.29, 1.82) is 0 Å². The minimum absolute atomic E-state index is 0.187. The normalized spacial score (nSPS) is 12.6. The van der Waals surface area contributed by atoms with Gasteiger partial charge in [-0.3, -0.25) is 4.98 Å². The predicted octanol–water partition coefficient (Wildman–Crippen LogP) is 1.43. The molecular formula is C13H22N2O2S. The van der Waals surface area contributed by atoms with Crippen molar-refractivity contribution in [2.45, 2.75) is 31.9 Å². The van der Waals surface area contributed by atoms with Gasteiger partial charge in [0.2, 0.25) is 0 Å². The molecule has 0 saturated heterocycles. The Bertz CT molecular complexity index is 450. The molecule has 0 aliphatic heterocycles. The summed E-state index contributed by atoms with van der Waals surface area (Å²) in [5.74, 6) is 0.187. The molecule has 0 radical (unpaired) electrons. The number of nitrogens with one attached hydrogen (secondary N) is 1. The zero-order valence-corrected chi connectivity index (χ0v) is 12.1. The lowest BCUT2D eigenvalue weighted by Crippen LogP contribution is -2.35. The van der Waals surface area contributed by atoms with Crippen LogP contribution in [0.1, 0.15) is 26.3 Å². The highest BCUT2D eigenvalue weighted by Crippen LogP contribution is 2.15. The third kappa shape index (κ3) is 4.74. The molecular weight excluding hydrogens is 248 g/mol. The van der Waals surface area contributed by atoms with Gasteiger partial charge in [-0.1, -0.05) is 0 Å². The smallest absolute Gasteiger partial charge is 0.156 e. The van der Waals surface area contributed by atoms with E-state index in [0.717, 1.165) is 13.0 Å². The second kappa shape index (κ2) is 6.29. The van der Waals surface area contributed by atoms with E-state index < -0.39 is 14.6 Å². The molecule has 1 N–H and O–H groups in total. The maximum atomic E-state index is 11.8. The molecule has 1 aromatic heterocycles. The molecule has 0 bridgehead atoms. The Balaban J connectivity index is 2.24. The molecule has 5 heteroatoms. The first-order valence-corrected chi connectivity index (χ1v) is 7.80. The van der Waals surface area contributed by atoms with Gasteiger partial charge < -0.3 is 5.32 Å². The quantitative estimate of drug-likeness (QED) is 0.794. The van der Waals surface area contributed by atoms with Gasteiger partial charge in [0.25, 0.3) is 0 Å². The van der Waals surface area contributed by atoms with E-state index in [4.69, 9.17) is 0 Å². The second-order valence-electron chi connectivity index (χ2n) is 5.29. The average molecular weight is 270 g/mol. The summed E-state index contributed by atoms with van der Waals surface area (Å²) in [6.45, 7) is 6.49. The van der Waals surface area contributed by atoms with Crippen LogP contribution in [0, 0.1) is 0 Å². The van der Waals surface area contributed by atoms with E-state index in [1.807, 2.05) is 12.1 Å². The number of pyridine rings is 1. The highest BCUT2D eigenvalue weighted by atomic mass is 32.2. The van der Waals surface area contributed by atoms with Gasteiger partial charge in [-0.25, -0.2) is 8.42 Å². The first-order chi connectivity index (χ1) is 8.33. The topological polar surface area (TPSA) is 59.1 Å². The molecule has 0 amide bonds. The standard InChI is InChI=1S/C13H22N2O2S/c1-13(2,3)18(16,17)11-10-15-9-6-12-4-7-14-8-5-12/h4-5,7-8,15H,6,9-11H2,1-3H3. The van der Waals surface area contributed by atoms with Crippen LogP contribution in [0.15, 0.2) is 24.5 Å². The van der Waals surface area contributed by atoms with Gasteiger partial charge >= 0.3 is 0 Å². The van der Waals surface area contributed by atoms with E-state index in [-0.39, 0.29) is 5.75 Å². The molecule has 0 atom stereocenters. The molecule has 18 heavy (non-hydrogen) atoms. The van der Waals surface area contributed by atoms with Crippen LogP contribution in [0.4, 0.5) is 0 Å². The maximum absolute atomic E-state index is 11.8. The summed E-state index contributed by atoms with van der Waals surface area (Å²) >= 11 is 0. The van der Waals surface area contributed by atoms with E-state index in [1.165, 1.54) is 5.56 Å². The number of nitrogens with zero attached hydrogens (tertiary/aromatic N) is 1. The van der Waals surface area contributed by atoms with Gasteiger partial charge in [-0.2, -0.15) is 0 Å². The largest absolute Gasteiger partial charge is 0.315 e. The van der Waals surface area contributed by atoms with E-state index in [9.17, 15) is 8.42 Å². The fraction of sp³-hybridized carbons (Fsp3) is 0.615. The van der Waals surface area contributed by atoms with E-state index in [1.54, 1.807) is 33.2 Å². The van der Waals surface area contributed by atoms with Crippen LogP contribution in [0.3, 0.4) is 0 Å². The summed E-state index contributed by atoms with van der Waals surface area (Å²) in [6, 6.07) is 3.93. The number of aromatic nitrogens is 1. The zero-order valence-electron chi connectivity index (χ0n) is 11.3. The minimum atomic E-state index is -3.02. The lowest BCUT2D eigenvalue weighted by molar-refractivity contribution is 0.556. The van der Waals surface area contributed by atoms with Crippen molar-refractivity contribution in [2.75, 3.05) is 18.8 Å². The Morgan fingerprint density at radius 3 is 2.33 bits per heavy atom. The van der Waals surface area contributed by atoms with Crippen molar-refractivity contribution in [3.8, 4) is 0 Å². The summed E-state index contributed by atoms with van der Waals surface area (Å²) in [5.41, 5.74) is 1.20. The van der Waals surface area contributed by atoms with Crippen LogP contribution in [0.2, 0.25) is 0 Å². The van der Waals surface area contributed by atoms with Gasteiger partial charge in [0.15, 0.2) is 9.84 Å². The lowest BCUT2D eigenvalue weighted by Gasteiger charge is -2.19. The first kappa shape index (κ1) is 15.1. The van der Waals surface area contributed by atoms with Gasteiger partial charge in [0.1, 0.15) is 0 Å². The number of sulfone groups is 1. The number of hydrogen-bond donors (Lipinski definition) is 1. The number of hydrogen-bond acceptors (Lipinski definition) is 4. The summed E-state index contributed by atoms with van der Waals surface area (Å²) in [5, 5.41) is 3.16. The molecule has 0 aromatic carbocycles. The molecule has 0 spiro atoms. The molecule has 1 heterocycles. The highest BCUT2D eigenvalue weighted by molar-refractivity contribution is 7.92. The minimum Gasteiger partial charge on any atom is -0.315 e. The summed E-state index contributed by atoms with van der Waals surface area (Å²) < 4.78 is 23.0. The average Bonchev–Trinajstić information content (AvgIpc) is 2.28.